The third-order valence-electron chi connectivity index (χ3n) is 4.36. The summed E-state index contributed by atoms with van der Waals surface area (Å²) in [6.45, 7) is 0. The van der Waals surface area contributed by atoms with Crippen molar-refractivity contribution in [1.29, 1.82) is 0 Å². The first-order valence-electron chi connectivity index (χ1n) is 8.56. The molecule has 0 spiro atoms. The highest BCUT2D eigenvalue weighted by Crippen LogP contribution is 2.25. The van der Waals surface area contributed by atoms with E-state index in [1.54, 1.807) is 12.3 Å². The average Bonchev–Trinajstić information content (AvgIpc) is 2.69. The highest BCUT2D eigenvalue weighted by atomic mass is 16.1. The van der Waals surface area contributed by atoms with Crippen LogP contribution in [0.3, 0.4) is 0 Å². The second-order valence-electron chi connectivity index (χ2n) is 6.24. The molecular weight excluding hydrogens is 320 g/mol. The average molecular weight is 338 g/mol. The summed E-state index contributed by atoms with van der Waals surface area (Å²) in [6, 6.07) is 24.0. The molecule has 126 valence electrons. The Hall–Kier alpha value is -3.46. The third kappa shape index (κ3) is 3.62. The number of fused-ring (bicyclic) bond motifs is 1. The minimum atomic E-state index is -0.0827. The fourth-order valence-electron chi connectivity index (χ4n) is 3.07. The smallest absolute Gasteiger partial charge is 0.248 e. The molecule has 0 aliphatic rings. The first-order valence-corrected chi connectivity index (χ1v) is 8.56. The summed E-state index contributed by atoms with van der Waals surface area (Å²) in [6.07, 6.45) is 6.64. The summed E-state index contributed by atoms with van der Waals surface area (Å²) in [4.78, 5) is 18.6. The van der Waals surface area contributed by atoms with Crippen molar-refractivity contribution >= 4 is 22.6 Å². The molecule has 0 saturated carbocycles. The van der Waals surface area contributed by atoms with Gasteiger partial charge in [-0.05, 0) is 64.4 Å². The molecule has 0 amide bonds. The number of pyridine rings is 2. The van der Waals surface area contributed by atoms with Crippen LogP contribution < -0.4 is 5.56 Å². The van der Waals surface area contributed by atoms with E-state index in [-0.39, 0.29) is 5.56 Å². The Morgan fingerprint density at radius 2 is 1.85 bits per heavy atom. The van der Waals surface area contributed by atoms with Crippen molar-refractivity contribution in [3.05, 3.63) is 112 Å². The summed E-state index contributed by atoms with van der Waals surface area (Å²) in [7, 11) is 0. The SMILES string of the molecule is O=c1ccc2cc(/C(=C\c3cccnc3)Cc3ccccc3)ccc2[nH]1. The van der Waals surface area contributed by atoms with E-state index in [4.69, 9.17) is 0 Å². The van der Waals surface area contributed by atoms with Crippen LogP contribution in [0.4, 0.5) is 0 Å². The van der Waals surface area contributed by atoms with Gasteiger partial charge in [-0.1, -0.05) is 42.5 Å². The Morgan fingerprint density at radius 3 is 2.65 bits per heavy atom. The number of hydrogen-bond donors (Lipinski definition) is 1. The zero-order valence-electron chi connectivity index (χ0n) is 14.2. The minimum absolute atomic E-state index is 0.0827. The summed E-state index contributed by atoms with van der Waals surface area (Å²) in [5, 5.41) is 1.02. The molecule has 26 heavy (non-hydrogen) atoms. The molecule has 2 heterocycles. The van der Waals surface area contributed by atoms with Crippen molar-refractivity contribution in [2.75, 3.05) is 0 Å². The van der Waals surface area contributed by atoms with Crippen molar-refractivity contribution in [3.8, 4) is 0 Å². The lowest BCUT2D eigenvalue weighted by Gasteiger charge is -2.10. The molecule has 2 aromatic carbocycles. The van der Waals surface area contributed by atoms with Gasteiger partial charge >= 0.3 is 0 Å². The van der Waals surface area contributed by atoms with Crippen LogP contribution in [-0.4, -0.2) is 9.97 Å². The highest BCUT2D eigenvalue weighted by Gasteiger charge is 2.06. The summed E-state index contributed by atoms with van der Waals surface area (Å²) in [5.41, 5.74) is 5.43. The monoisotopic (exact) mass is 338 g/mol. The van der Waals surface area contributed by atoms with Gasteiger partial charge in [0.2, 0.25) is 5.56 Å². The molecule has 2 aromatic heterocycles. The molecular formula is C23H18N2O. The number of aromatic amines is 1. The Morgan fingerprint density at radius 1 is 0.962 bits per heavy atom. The van der Waals surface area contributed by atoms with Crippen LogP contribution in [0.25, 0.3) is 22.6 Å². The van der Waals surface area contributed by atoms with Gasteiger partial charge in [0.1, 0.15) is 0 Å². The fraction of sp³-hybridized carbons (Fsp3) is 0.0435. The maximum absolute atomic E-state index is 11.5. The molecule has 0 aliphatic heterocycles. The van der Waals surface area contributed by atoms with Crippen LogP contribution in [-0.2, 0) is 6.42 Å². The van der Waals surface area contributed by atoms with Crippen molar-refractivity contribution in [2.45, 2.75) is 6.42 Å². The number of hydrogen-bond acceptors (Lipinski definition) is 2. The lowest BCUT2D eigenvalue weighted by atomic mass is 9.95. The normalized spacial score (nSPS) is 11.6. The molecule has 3 heteroatoms. The van der Waals surface area contributed by atoms with Gasteiger partial charge in [0.25, 0.3) is 0 Å². The lowest BCUT2D eigenvalue weighted by molar-refractivity contribution is 1.28. The van der Waals surface area contributed by atoms with E-state index < -0.39 is 0 Å². The molecule has 0 bridgehead atoms. The standard InChI is InChI=1S/C23H18N2O/c26-23-11-9-20-15-19(8-10-22(20)25-23)21(13-17-5-2-1-3-6-17)14-18-7-4-12-24-16-18/h1-12,14-16H,13H2,(H,25,26)/b21-14-. The van der Waals surface area contributed by atoms with E-state index >= 15 is 0 Å². The van der Waals surface area contributed by atoms with Crippen LogP contribution in [0.15, 0.2) is 90.0 Å². The van der Waals surface area contributed by atoms with Crippen LogP contribution in [0.2, 0.25) is 0 Å². The first kappa shape index (κ1) is 16.0. The predicted molar refractivity (Wildman–Crippen MR) is 107 cm³/mol. The molecule has 3 nitrogen and oxygen atoms in total. The van der Waals surface area contributed by atoms with Gasteiger partial charge in [-0.3, -0.25) is 9.78 Å². The van der Waals surface area contributed by atoms with Crippen LogP contribution in [0, 0.1) is 0 Å². The van der Waals surface area contributed by atoms with Crippen molar-refractivity contribution in [1.82, 2.24) is 9.97 Å². The number of H-pyrrole nitrogens is 1. The van der Waals surface area contributed by atoms with Crippen molar-refractivity contribution in [3.63, 3.8) is 0 Å². The first-order chi connectivity index (χ1) is 12.8. The number of rotatable bonds is 4. The van der Waals surface area contributed by atoms with Crippen molar-refractivity contribution < 1.29 is 0 Å². The summed E-state index contributed by atoms with van der Waals surface area (Å²) in [5.74, 6) is 0. The van der Waals surface area contributed by atoms with E-state index in [0.29, 0.717) is 0 Å². The molecule has 4 aromatic rings. The summed E-state index contributed by atoms with van der Waals surface area (Å²) < 4.78 is 0. The van der Waals surface area contributed by atoms with Gasteiger partial charge in [-0.15, -0.1) is 0 Å². The second-order valence-corrected chi connectivity index (χ2v) is 6.24. The molecule has 0 fully saturated rings. The van der Waals surface area contributed by atoms with Crippen molar-refractivity contribution in [2.24, 2.45) is 0 Å². The number of allylic oxidation sites excluding steroid dienone is 1. The minimum Gasteiger partial charge on any atom is -0.322 e. The molecule has 0 atom stereocenters. The molecule has 0 saturated heterocycles. The molecule has 0 aliphatic carbocycles. The van der Waals surface area contributed by atoms with E-state index in [2.05, 4.69) is 58.5 Å². The third-order valence-corrected chi connectivity index (χ3v) is 4.36. The van der Waals surface area contributed by atoms with Gasteiger partial charge < -0.3 is 4.98 Å². The van der Waals surface area contributed by atoms with Gasteiger partial charge in [-0.25, -0.2) is 0 Å². The quantitative estimate of drug-likeness (QED) is 0.586. The molecule has 1 N–H and O–H groups in total. The Bertz CT molecular complexity index is 1110. The van der Waals surface area contributed by atoms with Gasteiger partial charge in [0.05, 0.1) is 0 Å². The van der Waals surface area contributed by atoms with E-state index in [9.17, 15) is 4.79 Å². The maximum atomic E-state index is 11.5. The largest absolute Gasteiger partial charge is 0.322 e. The van der Waals surface area contributed by atoms with Gasteiger partial charge in [0.15, 0.2) is 0 Å². The van der Waals surface area contributed by atoms with E-state index in [1.807, 2.05) is 30.5 Å². The number of aromatic nitrogens is 2. The molecule has 0 unspecified atom stereocenters. The number of nitrogens with zero attached hydrogens (tertiary/aromatic N) is 1. The maximum Gasteiger partial charge on any atom is 0.248 e. The zero-order chi connectivity index (χ0) is 17.8. The summed E-state index contributed by atoms with van der Waals surface area (Å²) >= 11 is 0. The Balaban J connectivity index is 1.80. The van der Waals surface area contributed by atoms with Crippen LogP contribution >= 0.6 is 0 Å². The highest BCUT2D eigenvalue weighted by molar-refractivity contribution is 5.88. The van der Waals surface area contributed by atoms with Gasteiger partial charge in [0, 0.05) is 24.0 Å². The zero-order valence-corrected chi connectivity index (χ0v) is 14.2. The Labute approximate surface area is 151 Å². The number of nitrogens with one attached hydrogen (secondary N) is 1. The topological polar surface area (TPSA) is 45.8 Å². The van der Waals surface area contributed by atoms with Crippen LogP contribution in [0.1, 0.15) is 16.7 Å². The van der Waals surface area contributed by atoms with Gasteiger partial charge in [-0.2, -0.15) is 0 Å². The molecule has 4 rings (SSSR count). The fourth-order valence-corrected chi connectivity index (χ4v) is 3.07. The lowest BCUT2D eigenvalue weighted by Crippen LogP contribution is -2.02. The molecule has 0 radical (unpaired) electrons. The predicted octanol–water partition coefficient (Wildman–Crippen LogP) is 4.71. The number of benzene rings is 2. The Kier molecular flexibility index (Phi) is 4.44. The van der Waals surface area contributed by atoms with Crippen LogP contribution in [0.5, 0.6) is 0 Å². The second kappa shape index (κ2) is 7.19. The van der Waals surface area contributed by atoms with E-state index in [1.165, 1.54) is 11.1 Å². The van der Waals surface area contributed by atoms with E-state index in [0.717, 1.165) is 28.5 Å².